The minimum atomic E-state index is -1.05. The zero-order chi connectivity index (χ0) is 21.4. The Balaban J connectivity index is 1.74. The van der Waals surface area contributed by atoms with Crippen LogP contribution in [0.1, 0.15) is 34.6 Å². The highest BCUT2D eigenvalue weighted by molar-refractivity contribution is 7.98. The molecule has 4 rings (SSSR count). The van der Waals surface area contributed by atoms with Gasteiger partial charge in [0.25, 0.3) is 5.56 Å². The number of rotatable bonds is 4. The lowest BCUT2D eigenvalue weighted by Crippen LogP contribution is -2.34. The molecule has 0 bridgehead atoms. The molecule has 0 unspecified atom stereocenters. The van der Waals surface area contributed by atoms with Crippen LogP contribution in [0, 0.1) is 18.6 Å². The van der Waals surface area contributed by atoms with Crippen LogP contribution in [0.4, 0.5) is 14.6 Å². The van der Waals surface area contributed by atoms with Crippen molar-refractivity contribution in [2.75, 3.05) is 5.32 Å². The third kappa shape index (κ3) is 3.75. The molecule has 1 aromatic heterocycles. The standard InChI is InChI=1S/C22H19F2N3O2S/c1-12-6-8-13(9-7-12)11-30-22-26-21(29)18-15(10-17(28)25-20(18)27(22)2)14-4-3-5-16(23)19(14)24/h3-9,15H,10-11H2,1-2H3,(H,25,28)/t15-/m1/s1. The summed E-state index contributed by atoms with van der Waals surface area (Å²) in [7, 11) is 1.69. The molecule has 30 heavy (non-hydrogen) atoms. The van der Waals surface area contributed by atoms with Gasteiger partial charge in [-0.25, -0.2) is 8.78 Å². The van der Waals surface area contributed by atoms with E-state index >= 15 is 0 Å². The number of thioether (sulfide) groups is 1. The van der Waals surface area contributed by atoms with E-state index in [-0.39, 0.29) is 29.3 Å². The molecule has 1 aliphatic heterocycles. The molecule has 154 valence electrons. The Labute approximate surface area is 176 Å². The maximum atomic E-state index is 14.4. The summed E-state index contributed by atoms with van der Waals surface area (Å²) >= 11 is 1.36. The minimum absolute atomic E-state index is 0.0231. The molecule has 1 amide bonds. The largest absolute Gasteiger partial charge is 0.312 e. The molecular formula is C22H19F2N3O2S. The molecule has 1 aliphatic rings. The Morgan fingerprint density at radius 2 is 1.90 bits per heavy atom. The number of aromatic nitrogens is 2. The lowest BCUT2D eigenvalue weighted by molar-refractivity contribution is -0.116. The van der Waals surface area contributed by atoms with Crippen LogP contribution in [-0.4, -0.2) is 15.5 Å². The van der Waals surface area contributed by atoms with Crippen molar-refractivity contribution in [3.05, 3.63) is 86.7 Å². The molecule has 0 aliphatic carbocycles. The number of fused-ring (bicyclic) bond motifs is 1. The van der Waals surface area contributed by atoms with Crippen LogP contribution in [0.5, 0.6) is 0 Å². The fraction of sp³-hybridized carbons (Fsp3) is 0.227. The average Bonchev–Trinajstić information content (AvgIpc) is 2.72. The molecule has 0 saturated carbocycles. The number of carbonyl (C=O) groups excluding carboxylic acids is 1. The van der Waals surface area contributed by atoms with Crippen molar-refractivity contribution >= 4 is 23.5 Å². The number of carbonyl (C=O) groups is 1. The zero-order valence-electron chi connectivity index (χ0n) is 16.4. The molecule has 8 heteroatoms. The molecular weight excluding hydrogens is 408 g/mol. The summed E-state index contributed by atoms with van der Waals surface area (Å²) in [5.41, 5.74) is 1.82. The third-order valence-corrected chi connectivity index (χ3v) is 6.25. The summed E-state index contributed by atoms with van der Waals surface area (Å²) in [5, 5.41) is 3.13. The van der Waals surface area contributed by atoms with E-state index in [0.29, 0.717) is 10.9 Å². The molecule has 5 nitrogen and oxygen atoms in total. The lowest BCUT2D eigenvalue weighted by atomic mass is 9.86. The highest BCUT2D eigenvalue weighted by Crippen LogP contribution is 2.37. The molecule has 0 radical (unpaired) electrons. The van der Waals surface area contributed by atoms with E-state index in [9.17, 15) is 18.4 Å². The summed E-state index contributed by atoms with van der Waals surface area (Å²) in [6, 6.07) is 11.8. The van der Waals surface area contributed by atoms with Crippen molar-refractivity contribution < 1.29 is 13.6 Å². The first kappa shape index (κ1) is 20.3. The Hall–Kier alpha value is -3.00. The van der Waals surface area contributed by atoms with Crippen molar-refractivity contribution in [1.82, 2.24) is 9.55 Å². The molecule has 2 aromatic carbocycles. The van der Waals surface area contributed by atoms with E-state index in [2.05, 4.69) is 10.3 Å². The van der Waals surface area contributed by atoms with Crippen molar-refractivity contribution in [3.63, 3.8) is 0 Å². The predicted molar refractivity (Wildman–Crippen MR) is 112 cm³/mol. The van der Waals surface area contributed by atoms with Gasteiger partial charge >= 0.3 is 0 Å². The first-order valence-electron chi connectivity index (χ1n) is 9.38. The van der Waals surface area contributed by atoms with Gasteiger partial charge in [0.1, 0.15) is 5.82 Å². The predicted octanol–water partition coefficient (Wildman–Crippen LogP) is 4.13. The van der Waals surface area contributed by atoms with Crippen LogP contribution >= 0.6 is 11.8 Å². The van der Waals surface area contributed by atoms with Crippen LogP contribution in [0.25, 0.3) is 0 Å². The molecule has 1 atom stereocenters. The van der Waals surface area contributed by atoms with Crippen LogP contribution in [0.15, 0.2) is 52.4 Å². The normalized spacial score (nSPS) is 15.6. The lowest BCUT2D eigenvalue weighted by Gasteiger charge is -2.27. The molecule has 1 N–H and O–H groups in total. The zero-order valence-corrected chi connectivity index (χ0v) is 17.2. The maximum absolute atomic E-state index is 14.4. The van der Waals surface area contributed by atoms with E-state index in [1.54, 1.807) is 11.6 Å². The summed E-state index contributed by atoms with van der Waals surface area (Å²) < 4.78 is 29.8. The Kier molecular flexibility index (Phi) is 5.42. The summed E-state index contributed by atoms with van der Waals surface area (Å²) in [6.45, 7) is 2.01. The van der Waals surface area contributed by atoms with Gasteiger partial charge in [-0.3, -0.25) is 9.59 Å². The highest BCUT2D eigenvalue weighted by atomic mass is 32.2. The summed E-state index contributed by atoms with van der Waals surface area (Å²) in [6.07, 6.45) is -0.153. The van der Waals surface area contributed by atoms with E-state index in [1.807, 2.05) is 31.2 Å². The van der Waals surface area contributed by atoms with Crippen molar-refractivity contribution in [2.45, 2.75) is 30.2 Å². The van der Waals surface area contributed by atoms with Gasteiger partial charge < -0.3 is 9.88 Å². The fourth-order valence-electron chi connectivity index (χ4n) is 3.55. The van der Waals surface area contributed by atoms with Gasteiger partial charge in [0.2, 0.25) is 5.91 Å². The Morgan fingerprint density at radius 3 is 2.63 bits per heavy atom. The van der Waals surface area contributed by atoms with E-state index in [0.717, 1.165) is 17.2 Å². The second-order valence-electron chi connectivity index (χ2n) is 7.24. The molecule has 3 aromatic rings. The third-order valence-electron chi connectivity index (χ3n) is 5.15. The van der Waals surface area contributed by atoms with Crippen molar-refractivity contribution in [2.24, 2.45) is 7.05 Å². The number of hydrogen-bond acceptors (Lipinski definition) is 4. The number of aryl methyl sites for hydroxylation is 1. The Bertz CT molecular complexity index is 1190. The van der Waals surface area contributed by atoms with Crippen LogP contribution in [0.2, 0.25) is 0 Å². The van der Waals surface area contributed by atoms with Gasteiger partial charge in [0.05, 0.1) is 5.56 Å². The van der Waals surface area contributed by atoms with E-state index in [1.165, 1.54) is 23.9 Å². The van der Waals surface area contributed by atoms with Gasteiger partial charge in [-0.05, 0) is 24.1 Å². The van der Waals surface area contributed by atoms with Crippen molar-refractivity contribution in [1.29, 1.82) is 0 Å². The van der Waals surface area contributed by atoms with Gasteiger partial charge in [-0.15, -0.1) is 0 Å². The van der Waals surface area contributed by atoms with Gasteiger partial charge in [0.15, 0.2) is 16.8 Å². The van der Waals surface area contributed by atoms with Crippen LogP contribution < -0.4 is 10.9 Å². The van der Waals surface area contributed by atoms with Gasteiger partial charge in [0, 0.05) is 25.1 Å². The topological polar surface area (TPSA) is 64.0 Å². The molecule has 2 heterocycles. The highest BCUT2D eigenvalue weighted by Gasteiger charge is 2.34. The SMILES string of the molecule is Cc1ccc(CSc2nc(=O)c3c(n2C)NC(=O)C[C@@H]3c2cccc(F)c2F)cc1. The van der Waals surface area contributed by atoms with E-state index < -0.39 is 23.1 Å². The Morgan fingerprint density at radius 1 is 1.17 bits per heavy atom. The quantitative estimate of drug-likeness (QED) is 0.502. The number of hydrogen-bond donors (Lipinski definition) is 1. The van der Waals surface area contributed by atoms with Crippen LogP contribution in [-0.2, 0) is 17.6 Å². The number of halogens is 2. The first-order valence-corrected chi connectivity index (χ1v) is 10.4. The molecule has 0 spiro atoms. The second-order valence-corrected chi connectivity index (χ2v) is 8.19. The van der Waals surface area contributed by atoms with Crippen molar-refractivity contribution in [3.8, 4) is 0 Å². The smallest absolute Gasteiger partial charge is 0.279 e. The first-order chi connectivity index (χ1) is 14.3. The van der Waals surface area contributed by atoms with E-state index in [4.69, 9.17) is 0 Å². The monoisotopic (exact) mass is 427 g/mol. The minimum Gasteiger partial charge on any atom is -0.312 e. The summed E-state index contributed by atoms with van der Waals surface area (Å²) in [5.74, 6) is -2.47. The van der Waals surface area contributed by atoms with Crippen LogP contribution in [0.3, 0.4) is 0 Å². The fourth-order valence-corrected chi connectivity index (χ4v) is 4.47. The maximum Gasteiger partial charge on any atom is 0.279 e. The van der Waals surface area contributed by atoms with Gasteiger partial charge in [-0.2, -0.15) is 4.98 Å². The second kappa shape index (κ2) is 8.02. The number of amides is 1. The summed E-state index contributed by atoms with van der Waals surface area (Å²) in [4.78, 5) is 29.4. The molecule has 0 saturated heterocycles. The molecule has 0 fully saturated rings. The van der Waals surface area contributed by atoms with Gasteiger partial charge in [-0.1, -0.05) is 53.7 Å². The number of benzene rings is 2. The number of nitrogens with one attached hydrogen (secondary N) is 1. The number of nitrogens with zero attached hydrogens (tertiary/aromatic N) is 2. The average molecular weight is 427 g/mol. The number of anilines is 1.